The van der Waals surface area contributed by atoms with E-state index in [0.717, 1.165) is 5.69 Å². The van der Waals surface area contributed by atoms with Crippen molar-refractivity contribution in [2.24, 2.45) is 0 Å². The van der Waals surface area contributed by atoms with Crippen LogP contribution in [0, 0.1) is 0 Å². The van der Waals surface area contributed by atoms with Gasteiger partial charge in [0.05, 0.1) is 13.2 Å². The molecule has 2 aromatic carbocycles. The lowest BCUT2D eigenvalue weighted by Gasteiger charge is -2.09. The second kappa shape index (κ2) is 10.7. The molecule has 0 aromatic heterocycles. The summed E-state index contributed by atoms with van der Waals surface area (Å²) in [6.45, 7) is 0.963. The molecule has 0 fully saturated rings. The van der Waals surface area contributed by atoms with E-state index in [-0.39, 0.29) is 24.3 Å². The minimum absolute atomic E-state index is 0.0661. The molecule has 2 rings (SSSR count). The minimum Gasteiger partial charge on any atom is -0.383 e. The number of anilines is 2. The topological polar surface area (TPSA) is 109 Å². The Labute approximate surface area is 163 Å². The SMILES string of the molecule is CNC(=O)c1ccc(NC(=O)CNc2ccc(C(=O)NCCOC)cc2)cc1. The van der Waals surface area contributed by atoms with Crippen molar-refractivity contribution in [1.29, 1.82) is 0 Å². The third-order valence-electron chi connectivity index (χ3n) is 3.85. The molecule has 8 nitrogen and oxygen atoms in total. The molecule has 4 N–H and O–H groups in total. The van der Waals surface area contributed by atoms with Crippen molar-refractivity contribution < 1.29 is 19.1 Å². The van der Waals surface area contributed by atoms with Crippen LogP contribution in [0.5, 0.6) is 0 Å². The molecule has 0 aliphatic carbocycles. The fourth-order valence-electron chi connectivity index (χ4n) is 2.34. The molecule has 0 bridgehead atoms. The number of carbonyl (C=O) groups excluding carboxylic acids is 3. The van der Waals surface area contributed by atoms with E-state index in [4.69, 9.17) is 4.74 Å². The van der Waals surface area contributed by atoms with Crippen LogP contribution in [0.4, 0.5) is 11.4 Å². The number of ether oxygens (including phenoxy) is 1. The van der Waals surface area contributed by atoms with Crippen molar-refractivity contribution in [1.82, 2.24) is 10.6 Å². The summed E-state index contributed by atoms with van der Waals surface area (Å²) in [5.74, 6) is -0.592. The van der Waals surface area contributed by atoms with E-state index in [9.17, 15) is 14.4 Å². The number of benzene rings is 2. The molecule has 148 valence electrons. The van der Waals surface area contributed by atoms with Crippen molar-refractivity contribution in [2.75, 3.05) is 44.5 Å². The molecule has 0 spiro atoms. The number of methoxy groups -OCH3 is 1. The third-order valence-corrected chi connectivity index (χ3v) is 3.85. The number of nitrogens with one attached hydrogen (secondary N) is 4. The zero-order valence-electron chi connectivity index (χ0n) is 15.9. The molecule has 0 saturated heterocycles. The van der Waals surface area contributed by atoms with E-state index in [1.165, 1.54) is 0 Å². The van der Waals surface area contributed by atoms with Gasteiger partial charge in [-0.05, 0) is 48.5 Å². The Morgan fingerprint density at radius 3 is 2.00 bits per heavy atom. The van der Waals surface area contributed by atoms with E-state index in [1.54, 1.807) is 62.7 Å². The fraction of sp³-hybridized carbons (Fsp3) is 0.250. The normalized spacial score (nSPS) is 10.1. The van der Waals surface area contributed by atoms with E-state index < -0.39 is 0 Å². The summed E-state index contributed by atoms with van der Waals surface area (Å²) in [7, 11) is 3.13. The summed E-state index contributed by atoms with van der Waals surface area (Å²) >= 11 is 0. The molecule has 2 aromatic rings. The molecule has 8 heteroatoms. The molecule has 0 unspecified atom stereocenters. The first-order valence-corrected chi connectivity index (χ1v) is 8.76. The highest BCUT2D eigenvalue weighted by atomic mass is 16.5. The Bertz CT molecular complexity index is 804. The Balaban J connectivity index is 1.80. The highest BCUT2D eigenvalue weighted by Gasteiger charge is 2.07. The lowest BCUT2D eigenvalue weighted by Crippen LogP contribution is -2.26. The summed E-state index contributed by atoms with van der Waals surface area (Å²) in [5.41, 5.74) is 2.37. The maximum Gasteiger partial charge on any atom is 0.251 e. The second-order valence-corrected chi connectivity index (χ2v) is 5.88. The number of hydrogen-bond donors (Lipinski definition) is 4. The zero-order valence-corrected chi connectivity index (χ0v) is 15.9. The molecule has 0 atom stereocenters. The van der Waals surface area contributed by atoms with Crippen LogP contribution in [0.3, 0.4) is 0 Å². The predicted octanol–water partition coefficient (Wildman–Crippen LogP) is 1.47. The maximum atomic E-state index is 12.1. The van der Waals surface area contributed by atoms with Gasteiger partial charge in [-0.3, -0.25) is 14.4 Å². The van der Waals surface area contributed by atoms with Crippen molar-refractivity contribution in [2.45, 2.75) is 0 Å². The Morgan fingerprint density at radius 2 is 1.43 bits per heavy atom. The highest BCUT2D eigenvalue weighted by molar-refractivity contribution is 5.97. The van der Waals surface area contributed by atoms with E-state index in [0.29, 0.717) is 30.0 Å². The second-order valence-electron chi connectivity index (χ2n) is 5.88. The molecule has 0 saturated carbocycles. The summed E-state index contributed by atoms with van der Waals surface area (Å²) in [4.78, 5) is 35.5. The lowest BCUT2D eigenvalue weighted by atomic mass is 10.2. The van der Waals surface area contributed by atoms with Crippen molar-refractivity contribution in [3.05, 3.63) is 59.7 Å². The average molecular weight is 384 g/mol. The molecule has 3 amide bonds. The lowest BCUT2D eigenvalue weighted by molar-refractivity contribution is -0.114. The summed E-state index contributed by atoms with van der Waals surface area (Å²) in [6.07, 6.45) is 0. The first-order chi connectivity index (χ1) is 13.5. The van der Waals surface area contributed by atoms with Crippen molar-refractivity contribution in [3.63, 3.8) is 0 Å². The Kier molecular flexibility index (Phi) is 7.98. The van der Waals surface area contributed by atoms with Crippen molar-refractivity contribution >= 4 is 29.1 Å². The molecule has 0 aliphatic rings. The van der Waals surface area contributed by atoms with E-state index >= 15 is 0 Å². The molecule has 28 heavy (non-hydrogen) atoms. The number of rotatable bonds is 9. The smallest absolute Gasteiger partial charge is 0.251 e. The van der Waals surface area contributed by atoms with E-state index in [2.05, 4.69) is 21.3 Å². The van der Waals surface area contributed by atoms with Gasteiger partial charge >= 0.3 is 0 Å². The molecule has 0 radical (unpaired) electrons. The Hall–Kier alpha value is -3.39. The summed E-state index contributed by atoms with van der Waals surface area (Å²) in [6, 6.07) is 13.4. The van der Waals surface area contributed by atoms with Gasteiger partial charge in [0.1, 0.15) is 0 Å². The van der Waals surface area contributed by atoms with Crippen molar-refractivity contribution in [3.8, 4) is 0 Å². The van der Waals surface area contributed by atoms with Gasteiger partial charge in [-0.2, -0.15) is 0 Å². The average Bonchev–Trinajstić information content (AvgIpc) is 2.72. The third kappa shape index (κ3) is 6.40. The number of carbonyl (C=O) groups is 3. The quantitative estimate of drug-likeness (QED) is 0.490. The van der Waals surface area contributed by atoms with Crippen LogP contribution in [-0.2, 0) is 9.53 Å². The van der Waals surface area contributed by atoms with Gasteiger partial charge < -0.3 is 26.0 Å². The van der Waals surface area contributed by atoms with Gasteiger partial charge in [0, 0.05) is 43.2 Å². The minimum atomic E-state index is -0.228. The highest BCUT2D eigenvalue weighted by Crippen LogP contribution is 2.11. The van der Waals surface area contributed by atoms with Crippen LogP contribution in [0.15, 0.2) is 48.5 Å². The maximum absolute atomic E-state index is 12.1. The van der Waals surface area contributed by atoms with Crippen LogP contribution in [0.1, 0.15) is 20.7 Å². The van der Waals surface area contributed by atoms with Crippen LogP contribution in [0.25, 0.3) is 0 Å². The van der Waals surface area contributed by atoms with Crippen LogP contribution in [0.2, 0.25) is 0 Å². The van der Waals surface area contributed by atoms with Gasteiger partial charge in [-0.15, -0.1) is 0 Å². The largest absolute Gasteiger partial charge is 0.383 e. The first-order valence-electron chi connectivity index (χ1n) is 8.76. The fourth-order valence-corrected chi connectivity index (χ4v) is 2.34. The molecule has 0 aliphatic heterocycles. The van der Waals surface area contributed by atoms with Gasteiger partial charge in [0.2, 0.25) is 5.91 Å². The van der Waals surface area contributed by atoms with Crippen LogP contribution >= 0.6 is 0 Å². The van der Waals surface area contributed by atoms with Gasteiger partial charge in [0.15, 0.2) is 0 Å². The molecule has 0 heterocycles. The Morgan fingerprint density at radius 1 is 0.857 bits per heavy atom. The zero-order chi connectivity index (χ0) is 20.4. The number of amides is 3. The van der Waals surface area contributed by atoms with Crippen LogP contribution < -0.4 is 21.3 Å². The monoisotopic (exact) mass is 384 g/mol. The number of hydrogen-bond acceptors (Lipinski definition) is 5. The molecular weight excluding hydrogens is 360 g/mol. The standard InChI is InChI=1S/C20H24N4O4/c1-21-19(26)14-5-9-17(10-6-14)24-18(25)13-23-16-7-3-15(4-8-16)20(27)22-11-12-28-2/h3-10,23H,11-13H2,1-2H3,(H,21,26)(H,22,27)(H,24,25). The van der Waals surface area contributed by atoms with Crippen LogP contribution in [-0.4, -0.2) is 51.6 Å². The van der Waals surface area contributed by atoms with E-state index in [1.807, 2.05) is 0 Å². The summed E-state index contributed by atoms with van der Waals surface area (Å²) < 4.78 is 4.89. The van der Waals surface area contributed by atoms with Gasteiger partial charge in [-0.25, -0.2) is 0 Å². The first kappa shape index (κ1) is 20.9. The van der Waals surface area contributed by atoms with Gasteiger partial charge in [-0.1, -0.05) is 0 Å². The summed E-state index contributed by atoms with van der Waals surface area (Å²) in [5, 5.41) is 11.0. The predicted molar refractivity (Wildman–Crippen MR) is 108 cm³/mol. The molecular formula is C20H24N4O4. The van der Waals surface area contributed by atoms with Gasteiger partial charge in [0.25, 0.3) is 11.8 Å².